The Labute approximate surface area is 158 Å². The van der Waals surface area contributed by atoms with Crippen LogP contribution in [0.15, 0.2) is 42.9 Å². The average Bonchev–Trinajstić information content (AvgIpc) is 3.20. The fourth-order valence-corrected chi connectivity index (χ4v) is 3.63. The Morgan fingerprint density at radius 3 is 3.15 bits per heavy atom. The summed E-state index contributed by atoms with van der Waals surface area (Å²) in [6.07, 6.45) is 5.85. The monoisotopic (exact) mass is 361 g/mol. The van der Waals surface area contributed by atoms with Gasteiger partial charge in [-0.1, -0.05) is 6.07 Å². The van der Waals surface area contributed by atoms with Crippen molar-refractivity contribution in [1.29, 1.82) is 5.26 Å². The predicted molar refractivity (Wildman–Crippen MR) is 107 cm³/mol. The number of H-pyrrole nitrogens is 1. The Bertz CT molecular complexity index is 943. The second-order valence-electron chi connectivity index (χ2n) is 6.80. The molecular formula is C20H23N7. The first-order chi connectivity index (χ1) is 13.3. The summed E-state index contributed by atoms with van der Waals surface area (Å²) >= 11 is 0. The molecule has 1 saturated heterocycles. The molecule has 3 heterocycles. The number of nitrogens with one attached hydrogen (secondary N) is 3. The molecule has 7 heteroatoms. The van der Waals surface area contributed by atoms with Crippen LogP contribution in [0.25, 0.3) is 11.0 Å². The number of aromatic amines is 1. The molecule has 3 N–H and O–H groups in total. The first-order valence-electron chi connectivity index (χ1n) is 9.34. The minimum Gasteiger partial charge on any atom is -0.384 e. The van der Waals surface area contributed by atoms with Crippen LogP contribution in [-0.4, -0.2) is 47.2 Å². The largest absolute Gasteiger partial charge is 0.384 e. The predicted octanol–water partition coefficient (Wildman–Crippen LogP) is 2.50. The van der Waals surface area contributed by atoms with Crippen LogP contribution in [0.2, 0.25) is 0 Å². The molecule has 0 aliphatic carbocycles. The number of nitriles is 1. The third kappa shape index (κ3) is 4.01. The number of benzene rings is 1. The van der Waals surface area contributed by atoms with Crippen molar-refractivity contribution in [2.24, 2.45) is 0 Å². The lowest BCUT2D eigenvalue weighted by Crippen LogP contribution is -2.47. The van der Waals surface area contributed by atoms with Gasteiger partial charge in [-0.3, -0.25) is 0 Å². The highest BCUT2D eigenvalue weighted by molar-refractivity contribution is 5.87. The highest BCUT2D eigenvalue weighted by Crippen LogP contribution is 2.24. The third-order valence-electron chi connectivity index (χ3n) is 4.93. The second-order valence-corrected chi connectivity index (χ2v) is 6.80. The summed E-state index contributed by atoms with van der Waals surface area (Å²) in [4.78, 5) is 14.3. The lowest BCUT2D eigenvalue weighted by molar-refractivity contribution is 0.427. The maximum absolute atomic E-state index is 8.97. The van der Waals surface area contributed by atoms with Crippen LogP contribution >= 0.6 is 0 Å². The van der Waals surface area contributed by atoms with Gasteiger partial charge in [0.05, 0.1) is 17.0 Å². The number of hydrogen-bond acceptors (Lipinski definition) is 6. The van der Waals surface area contributed by atoms with Crippen LogP contribution < -0.4 is 15.5 Å². The molecule has 27 heavy (non-hydrogen) atoms. The van der Waals surface area contributed by atoms with E-state index in [1.807, 2.05) is 36.5 Å². The third-order valence-corrected chi connectivity index (χ3v) is 4.93. The normalized spacial score (nSPS) is 17.0. The maximum atomic E-state index is 8.97. The number of rotatable bonds is 6. The van der Waals surface area contributed by atoms with E-state index >= 15 is 0 Å². The van der Waals surface area contributed by atoms with Gasteiger partial charge in [0, 0.05) is 44.1 Å². The van der Waals surface area contributed by atoms with Crippen molar-refractivity contribution in [3.05, 3.63) is 48.4 Å². The van der Waals surface area contributed by atoms with Crippen molar-refractivity contribution in [2.75, 3.05) is 36.4 Å². The zero-order valence-corrected chi connectivity index (χ0v) is 15.2. The van der Waals surface area contributed by atoms with E-state index < -0.39 is 0 Å². The first-order valence-corrected chi connectivity index (χ1v) is 9.34. The van der Waals surface area contributed by atoms with Crippen molar-refractivity contribution >= 4 is 22.5 Å². The van der Waals surface area contributed by atoms with Crippen molar-refractivity contribution in [2.45, 2.75) is 18.9 Å². The average molecular weight is 361 g/mol. The van der Waals surface area contributed by atoms with Gasteiger partial charge in [0.2, 0.25) is 0 Å². The molecule has 4 rings (SSSR count). The van der Waals surface area contributed by atoms with E-state index in [4.69, 9.17) is 5.26 Å². The van der Waals surface area contributed by atoms with Crippen LogP contribution in [0.4, 0.5) is 11.5 Å². The Morgan fingerprint density at radius 2 is 2.22 bits per heavy atom. The highest BCUT2D eigenvalue weighted by atomic mass is 15.2. The van der Waals surface area contributed by atoms with Gasteiger partial charge >= 0.3 is 0 Å². The first kappa shape index (κ1) is 17.3. The summed E-state index contributed by atoms with van der Waals surface area (Å²) in [7, 11) is 0. The van der Waals surface area contributed by atoms with Crippen molar-refractivity contribution in [3.63, 3.8) is 0 Å². The maximum Gasteiger partial charge on any atom is 0.142 e. The van der Waals surface area contributed by atoms with Crippen molar-refractivity contribution in [3.8, 4) is 6.07 Å². The van der Waals surface area contributed by atoms with Gasteiger partial charge < -0.3 is 20.5 Å². The van der Waals surface area contributed by atoms with E-state index in [9.17, 15) is 0 Å². The van der Waals surface area contributed by atoms with E-state index in [2.05, 4.69) is 36.6 Å². The van der Waals surface area contributed by atoms with Gasteiger partial charge in [0.15, 0.2) is 0 Å². The van der Waals surface area contributed by atoms with Gasteiger partial charge in [-0.2, -0.15) is 5.26 Å². The molecule has 0 saturated carbocycles. The van der Waals surface area contributed by atoms with Gasteiger partial charge in [0.25, 0.3) is 0 Å². The molecule has 138 valence electrons. The molecule has 1 atom stereocenters. The van der Waals surface area contributed by atoms with E-state index in [1.165, 1.54) is 6.42 Å². The lowest BCUT2D eigenvalue weighted by Gasteiger charge is -2.34. The smallest absolute Gasteiger partial charge is 0.142 e. The number of nitrogens with zero attached hydrogens (tertiary/aromatic N) is 4. The fourth-order valence-electron chi connectivity index (χ4n) is 3.63. The number of aromatic nitrogens is 3. The van der Waals surface area contributed by atoms with Crippen LogP contribution in [0, 0.1) is 11.3 Å². The van der Waals surface area contributed by atoms with Gasteiger partial charge in [-0.05, 0) is 37.1 Å². The van der Waals surface area contributed by atoms with Gasteiger partial charge in [-0.25, -0.2) is 9.97 Å². The topological polar surface area (TPSA) is 92.7 Å². The SMILES string of the molecule is N#Cc1cccc(NCCNC2CCCN(c3ncnc4[nH]ccc34)C2)c1. The lowest BCUT2D eigenvalue weighted by atomic mass is 10.1. The molecule has 2 aromatic heterocycles. The molecule has 0 amide bonds. The van der Waals surface area contributed by atoms with Crippen LogP contribution in [0.3, 0.4) is 0 Å². The number of piperidine rings is 1. The van der Waals surface area contributed by atoms with Gasteiger partial charge in [-0.15, -0.1) is 0 Å². The molecule has 0 radical (unpaired) electrons. The van der Waals surface area contributed by atoms with Crippen LogP contribution in [-0.2, 0) is 0 Å². The molecule has 1 unspecified atom stereocenters. The minimum atomic E-state index is 0.440. The number of hydrogen-bond donors (Lipinski definition) is 3. The summed E-state index contributed by atoms with van der Waals surface area (Å²) in [6, 6.07) is 12.2. The summed E-state index contributed by atoms with van der Waals surface area (Å²) in [5.41, 5.74) is 2.55. The van der Waals surface area contributed by atoms with Gasteiger partial charge in [0.1, 0.15) is 17.8 Å². The van der Waals surface area contributed by atoms with E-state index in [0.29, 0.717) is 11.6 Å². The fraction of sp³-hybridized carbons (Fsp3) is 0.350. The van der Waals surface area contributed by atoms with Crippen molar-refractivity contribution < 1.29 is 0 Å². The molecular weight excluding hydrogens is 338 g/mol. The van der Waals surface area contributed by atoms with E-state index in [-0.39, 0.29) is 0 Å². The zero-order valence-electron chi connectivity index (χ0n) is 15.2. The van der Waals surface area contributed by atoms with Crippen molar-refractivity contribution in [1.82, 2.24) is 20.3 Å². The molecule has 3 aromatic rings. The van der Waals surface area contributed by atoms with E-state index in [1.54, 1.807) is 6.33 Å². The molecule has 1 aliphatic rings. The zero-order chi connectivity index (χ0) is 18.5. The molecule has 1 fully saturated rings. The Hall–Kier alpha value is -3.11. The highest BCUT2D eigenvalue weighted by Gasteiger charge is 2.22. The molecule has 0 spiro atoms. The Balaban J connectivity index is 1.30. The summed E-state index contributed by atoms with van der Waals surface area (Å²) in [6.45, 7) is 3.66. The summed E-state index contributed by atoms with van der Waals surface area (Å²) < 4.78 is 0. The van der Waals surface area contributed by atoms with E-state index in [0.717, 1.165) is 55.1 Å². The summed E-state index contributed by atoms with van der Waals surface area (Å²) in [5, 5.41) is 17.1. The molecule has 7 nitrogen and oxygen atoms in total. The Kier molecular flexibility index (Phi) is 5.17. The molecule has 1 aliphatic heterocycles. The van der Waals surface area contributed by atoms with Crippen LogP contribution in [0.1, 0.15) is 18.4 Å². The summed E-state index contributed by atoms with van der Waals surface area (Å²) in [5.74, 6) is 1.01. The minimum absolute atomic E-state index is 0.440. The Morgan fingerprint density at radius 1 is 1.26 bits per heavy atom. The number of anilines is 2. The number of fused-ring (bicyclic) bond motifs is 1. The van der Waals surface area contributed by atoms with Crippen LogP contribution in [0.5, 0.6) is 0 Å². The standard InChI is InChI=1S/C20H23N7/c21-12-15-3-1-4-16(11-15)22-8-9-23-17-5-2-10-27(13-17)20-18-6-7-24-19(18)25-14-26-20/h1,3-4,6-7,11,14,17,22-23H,2,5,8-10,13H2,(H,24,25,26). The second kappa shape index (κ2) is 8.06. The quantitative estimate of drug-likeness (QED) is 0.584. The molecule has 0 bridgehead atoms. The molecule has 1 aromatic carbocycles.